The van der Waals surface area contributed by atoms with Crippen LogP contribution in [0.1, 0.15) is 39.3 Å². The molecule has 0 unspecified atom stereocenters. The molecule has 6 rings (SSSR count). The zero-order chi connectivity index (χ0) is 26.2. The average Bonchev–Trinajstić information content (AvgIpc) is 3.61. The van der Waals surface area contributed by atoms with Gasteiger partial charge in [0.1, 0.15) is 5.56 Å². The number of aryl methyl sites for hydroxylation is 1. The number of nitrogens with one attached hydrogen (secondary N) is 1. The predicted molar refractivity (Wildman–Crippen MR) is 150 cm³/mol. The van der Waals surface area contributed by atoms with E-state index in [0.29, 0.717) is 5.65 Å². The lowest BCUT2D eigenvalue weighted by Gasteiger charge is -2.15. The Bertz CT molecular complexity index is 1870. The number of carbonyl (C=O) groups is 1. The van der Waals surface area contributed by atoms with Gasteiger partial charge in [-0.2, -0.15) is 5.10 Å². The van der Waals surface area contributed by atoms with E-state index in [-0.39, 0.29) is 23.3 Å². The molecule has 3 N–H and O–H groups in total. The van der Waals surface area contributed by atoms with Crippen molar-refractivity contribution >= 4 is 38.8 Å². The minimum Gasteiger partial charge on any atom is -0.381 e. The third-order valence-corrected chi connectivity index (χ3v) is 7.58. The van der Waals surface area contributed by atoms with Gasteiger partial charge in [-0.15, -0.1) is 16.4 Å². The van der Waals surface area contributed by atoms with Crippen LogP contribution < -0.4 is 11.1 Å². The van der Waals surface area contributed by atoms with E-state index in [1.54, 1.807) is 40.7 Å². The molecule has 8 nitrogen and oxygen atoms in total. The van der Waals surface area contributed by atoms with Gasteiger partial charge in [-0.25, -0.2) is 9.50 Å². The lowest BCUT2D eigenvalue weighted by Crippen LogP contribution is -2.27. The highest BCUT2D eigenvalue weighted by atomic mass is 32.1. The first kappa shape index (κ1) is 23.5. The Hall–Kier alpha value is -4.94. The summed E-state index contributed by atoms with van der Waals surface area (Å²) in [7, 11) is 1.87. The van der Waals surface area contributed by atoms with Crippen LogP contribution in [-0.4, -0.2) is 30.3 Å². The highest BCUT2D eigenvalue weighted by molar-refractivity contribution is 7.19. The van der Waals surface area contributed by atoms with Crippen molar-refractivity contribution in [2.75, 3.05) is 5.73 Å². The first-order valence-corrected chi connectivity index (χ1v) is 12.8. The molecule has 0 aliphatic heterocycles. The van der Waals surface area contributed by atoms with Crippen molar-refractivity contribution in [2.24, 2.45) is 7.05 Å². The summed E-state index contributed by atoms with van der Waals surface area (Å²) in [6, 6.07) is 17.9. The standard InChI is InChI=1S/C29H23N7OS/c1-18(33-29(37)25-27(30)34-36-14-6-13-31-28(25)36)26-24(21-7-4-3-5-8-21)22-15-19(11-12-23(22)38-26)9-10-20-16-32-35(2)17-20/h3-8,11-18H,1-2H3,(H2,30,34)(H,33,37)/t18-/m1/s1. The number of hydrogen-bond acceptors (Lipinski definition) is 6. The summed E-state index contributed by atoms with van der Waals surface area (Å²) in [6.07, 6.45) is 6.97. The maximum atomic E-state index is 13.4. The molecule has 0 bridgehead atoms. The van der Waals surface area contributed by atoms with Crippen molar-refractivity contribution < 1.29 is 4.79 Å². The number of nitrogen functional groups attached to an aromatic ring is 1. The van der Waals surface area contributed by atoms with Crippen molar-refractivity contribution in [1.82, 2.24) is 29.7 Å². The number of nitrogens with two attached hydrogens (primary N) is 1. The van der Waals surface area contributed by atoms with Crippen molar-refractivity contribution in [3.05, 3.63) is 101 Å². The Morgan fingerprint density at radius 3 is 2.71 bits per heavy atom. The number of aromatic nitrogens is 5. The lowest BCUT2D eigenvalue weighted by atomic mass is 9.98. The lowest BCUT2D eigenvalue weighted by molar-refractivity contribution is 0.0943. The van der Waals surface area contributed by atoms with E-state index in [2.05, 4.69) is 56.6 Å². The van der Waals surface area contributed by atoms with E-state index in [4.69, 9.17) is 5.73 Å². The molecular formula is C29H23N7OS. The van der Waals surface area contributed by atoms with Gasteiger partial charge < -0.3 is 11.1 Å². The van der Waals surface area contributed by atoms with Crippen molar-refractivity contribution in [1.29, 1.82) is 0 Å². The molecule has 0 saturated carbocycles. The van der Waals surface area contributed by atoms with Gasteiger partial charge in [0.15, 0.2) is 11.5 Å². The molecule has 0 radical (unpaired) electrons. The summed E-state index contributed by atoms with van der Waals surface area (Å²) in [5.41, 5.74) is 10.7. The fraction of sp³-hybridized carbons (Fsp3) is 0.103. The van der Waals surface area contributed by atoms with E-state index >= 15 is 0 Å². The summed E-state index contributed by atoms with van der Waals surface area (Å²) in [6.45, 7) is 1.98. The number of benzene rings is 2. The van der Waals surface area contributed by atoms with Crippen LogP contribution in [0.5, 0.6) is 0 Å². The first-order valence-electron chi connectivity index (χ1n) is 12.0. The van der Waals surface area contributed by atoms with Crippen LogP contribution in [0, 0.1) is 11.8 Å². The molecule has 4 aromatic heterocycles. The van der Waals surface area contributed by atoms with E-state index in [9.17, 15) is 4.79 Å². The van der Waals surface area contributed by atoms with Gasteiger partial charge in [-0.1, -0.05) is 42.2 Å². The predicted octanol–water partition coefficient (Wildman–Crippen LogP) is 4.82. The molecular weight excluding hydrogens is 494 g/mol. The van der Waals surface area contributed by atoms with Crippen LogP contribution in [0.3, 0.4) is 0 Å². The number of hydrogen-bond donors (Lipinski definition) is 2. The van der Waals surface area contributed by atoms with Crippen LogP contribution >= 0.6 is 11.3 Å². The summed E-state index contributed by atoms with van der Waals surface area (Å²) in [5.74, 6) is 6.27. The highest BCUT2D eigenvalue weighted by Gasteiger charge is 2.24. The molecule has 1 atom stereocenters. The maximum absolute atomic E-state index is 13.4. The van der Waals surface area contributed by atoms with E-state index in [1.807, 2.05) is 44.4 Å². The van der Waals surface area contributed by atoms with Crippen LogP contribution in [-0.2, 0) is 7.05 Å². The molecule has 6 aromatic rings. The van der Waals surface area contributed by atoms with Crippen molar-refractivity contribution in [3.63, 3.8) is 0 Å². The molecule has 0 aliphatic carbocycles. The third kappa shape index (κ3) is 4.27. The number of nitrogens with zero attached hydrogens (tertiary/aromatic N) is 5. The molecule has 1 amide bonds. The Balaban J connectivity index is 1.40. The van der Waals surface area contributed by atoms with Gasteiger partial charge in [0, 0.05) is 51.7 Å². The Morgan fingerprint density at radius 1 is 1.11 bits per heavy atom. The van der Waals surface area contributed by atoms with Gasteiger partial charge in [0.25, 0.3) is 5.91 Å². The second-order valence-electron chi connectivity index (χ2n) is 8.91. The highest BCUT2D eigenvalue weighted by Crippen LogP contribution is 2.42. The summed E-state index contributed by atoms with van der Waals surface area (Å²) >= 11 is 1.66. The van der Waals surface area contributed by atoms with Crippen molar-refractivity contribution in [3.8, 4) is 23.0 Å². The Labute approximate surface area is 222 Å². The number of carbonyl (C=O) groups excluding carboxylic acids is 1. The maximum Gasteiger partial charge on any atom is 0.259 e. The normalized spacial score (nSPS) is 11.8. The quantitative estimate of drug-likeness (QED) is 0.327. The SMILES string of the molecule is C[C@@H](NC(=O)c1c(N)nn2cccnc12)c1sc2ccc(C#Cc3cnn(C)c3)cc2c1-c1ccccc1. The average molecular weight is 518 g/mol. The number of amides is 1. The monoisotopic (exact) mass is 517 g/mol. The Morgan fingerprint density at radius 2 is 1.92 bits per heavy atom. The summed E-state index contributed by atoms with van der Waals surface area (Å²) in [5, 5.41) is 12.6. The minimum absolute atomic E-state index is 0.143. The molecule has 2 aromatic carbocycles. The smallest absolute Gasteiger partial charge is 0.259 e. The summed E-state index contributed by atoms with van der Waals surface area (Å²) < 4.78 is 4.36. The van der Waals surface area contributed by atoms with Crippen LogP contribution in [0.25, 0.3) is 26.9 Å². The van der Waals surface area contributed by atoms with Crippen molar-refractivity contribution in [2.45, 2.75) is 13.0 Å². The molecule has 4 heterocycles. The van der Waals surface area contributed by atoms with Gasteiger partial charge in [-0.3, -0.25) is 9.48 Å². The molecule has 0 spiro atoms. The van der Waals surface area contributed by atoms with Crippen LogP contribution in [0.2, 0.25) is 0 Å². The van der Waals surface area contributed by atoms with Crippen LogP contribution in [0.4, 0.5) is 5.82 Å². The number of rotatable bonds is 4. The van der Waals surface area contributed by atoms with Gasteiger partial charge in [0.2, 0.25) is 0 Å². The fourth-order valence-corrected chi connectivity index (χ4v) is 5.70. The molecule has 0 aliphatic rings. The second kappa shape index (κ2) is 9.50. The number of anilines is 1. The van der Waals surface area contributed by atoms with E-state index in [0.717, 1.165) is 37.2 Å². The molecule has 38 heavy (non-hydrogen) atoms. The summed E-state index contributed by atoms with van der Waals surface area (Å²) in [4.78, 5) is 18.7. The van der Waals surface area contributed by atoms with Gasteiger partial charge in [0.05, 0.1) is 17.8 Å². The third-order valence-electron chi connectivity index (χ3n) is 6.22. The second-order valence-corrected chi connectivity index (χ2v) is 10.00. The minimum atomic E-state index is -0.316. The van der Waals surface area contributed by atoms with Gasteiger partial charge in [-0.05, 0) is 36.8 Å². The Kier molecular flexibility index (Phi) is 5.86. The number of thiophene rings is 1. The molecule has 0 saturated heterocycles. The largest absolute Gasteiger partial charge is 0.381 e. The topological polar surface area (TPSA) is 103 Å². The fourth-order valence-electron chi connectivity index (χ4n) is 4.49. The molecule has 9 heteroatoms. The molecule has 0 fully saturated rings. The van der Waals surface area contributed by atoms with E-state index < -0.39 is 0 Å². The van der Waals surface area contributed by atoms with E-state index in [1.165, 1.54) is 4.52 Å². The first-order chi connectivity index (χ1) is 18.5. The molecule has 186 valence electrons. The zero-order valence-electron chi connectivity index (χ0n) is 20.7. The van der Waals surface area contributed by atoms with Gasteiger partial charge >= 0.3 is 0 Å². The number of fused-ring (bicyclic) bond motifs is 2. The van der Waals surface area contributed by atoms with Crippen LogP contribution in [0.15, 0.2) is 79.4 Å². The zero-order valence-corrected chi connectivity index (χ0v) is 21.5.